The lowest BCUT2D eigenvalue weighted by Gasteiger charge is -2.27. The molecule has 1 aromatic rings. The highest BCUT2D eigenvalue weighted by Crippen LogP contribution is 2.36. The Labute approximate surface area is 74.4 Å². The second-order valence-electron chi connectivity index (χ2n) is 2.91. The van der Waals surface area contributed by atoms with E-state index in [1.165, 1.54) is 11.3 Å². The molecule has 0 spiro atoms. The molecule has 0 amide bonds. The number of halogens is 1. The Bertz CT molecular complexity index is 244. The third-order valence-corrected chi connectivity index (χ3v) is 3.05. The van der Waals surface area contributed by atoms with Crippen LogP contribution >= 0.6 is 11.3 Å². The van der Waals surface area contributed by atoms with E-state index < -0.39 is 5.67 Å². The van der Waals surface area contributed by atoms with Gasteiger partial charge in [-0.05, 0) is 0 Å². The molecule has 0 unspecified atom stereocenters. The molecule has 0 aromatic carbocycles. The number of thiazole rings is 1. The number of hydrogen-bond donors (Lipinski definition) is 0. The number of aromatic nitrogens is 1. The van der Waals surface area contributed by atoms with E-state index in [0.717, 1.165) is 0 Å². The summed E-state index contributed by atoms with van der Waals surface area (Å²) in [5.41, 5.74) is -1.22. The third kappa shape index (κ3) is 1.36. The molecule has 12 heavy (non-hydrogen) atoms. The average molecular weight is 187 g/mol. The van der Waals surface area contributed by atoms with E-state index in [1.54, 1.807) is 6.20 Å². The highest BCUT2D eigenvalue weighted by molar-refractivity contribution is 7.09. The van der Waals surface area contributed by atoms with Crippen molar-refractivity contribution in [3.63, 3.8) is 0 Å². The highest BCUT2D eigenvalue weighted by atomic mass is 32.1. The maximum Gasteiger partial charge on any atom is 0.166 e. The quantitative estimate of drug-likeness (QED) is 0.671. The molecule has 1 saturated heterocycles. The Kier molecular flexibility index (Phi) is 2.11. The van der Waals surface area contributed by atoms with Crippen LogP contribution in [-0.4, -0.2) is 18.2 Å². The lowest BCUT2D eigenvalue weighted by molar-refractivity contribution is -0.0115. The molecule has 4 heteroatoms. The molecule has 2 rings (SSSR count). The van der Waals surface area contributed by atoms with Crippen LogP contribution < -0.4 is 0 Å². The minimum absolute atomic E-state index is 0.445. The third-order valence-electron chi connectivity index (χ3n) is 2.10. The number of alkyl halides is 1. The first-order chi connectivity index (χ1) is 5.81. The number of rotatable bonds is 1. The molecule has 0 saturated carbocycles. The zero-order chi connectivity index (χ0) is 8.44. The molecule has 2 heterocycles. The van der Waals surface area contributed by atoms with Gasteiger partial charge in [-0.25, -0.2) is 9.37 Å². The van der Waals surface area contributed by atoms with Crippen molar-refractivity contribution in [1.29, 1.82) is 0 Å². The van der Waals surface area contributed by atoms with Crippen molar-refractivity contribution in [2.24, 2.45) is 0 Å². The summed E-state index contributed by atoms with van der Waals surface area (Å²) < 4.78 is 19.1. The molecule has 1 aliphatic heterocycles. The predicted molar refractivity (Wildman–Crippen MR) is 45.0 cm³/mol. The van der Waals surface area contributed by atoms with Gasteiger partial charge >= 0.3 is 0 Å². The van der Waals surface area contributed by atoms with E-state index in [4.69, 9.17) is 4.74 Å². The number of ether oxygens (including phenoxy) is 1. The van der Waals surface area contributed by atoms with Gasteiger partial charge in [0.05, 0.1) is 13.2 Å². The first kappa shape index (κ1) is 8.13. The molecular formula is C8H10FNOS. The van der Waals surface area contributed by atoms with Crippen molar-refractivity contribution < 1.29 is 9.13 Å². The van der Waals surface area contributed by atoms with Gasteiger partial charge in [-0.15, -0.1) is 11.3 Å². The summed E-state index contributed by atoms with van der Waals surface area (Å²) >= 11 is 1.39. The lowest BCUT2D eigenvalue weighted by Crippen LogP contribution is -2.29. The van der Waals surface area contributed by atoms with E-state index in [9.17, 15) is 4.39 Å². The minimum Gasteiger partial charge on any atom is -0.381 e. The Morgan fingerprint density at radius 3 is 2.83 bits per heavy atom. The van der Waals surface area contributed by atoms with Crippen LogP contribution in [0.2, 0.25) is 0 Å². The van der Waals surface area contributed by atoms with Crippen LogP contribution in [0.15, 0.2) is 11.6 Å². The summed E-state index contributed by atoms with van der Waals surface area (Å²) in [4.78, 5) is 4.00. The van der Waals surface area contributed by atoms with E-state index in [1.807, 2.05) is 5.38 Å². The zero-order valence-electron chi connectivity index (χ0n) is 6.62. The van der Waals surface area contributed by atoms with Crippen LogP contribution in [0, 0.1) is 0 Å². The van der Waals surface area contributed by atoms with Gasteiger partial charge in [-0.1, -0.05) is 0 Å². The SMILES string of the molecule is FC1(c2nccs2)CCOCC1. The minimum atomic E-state index is -1.22. The number of hydrogen-bond acceptors (Lipinski definition) is 3. The van der Waals surface area contributed by atoms with Gasteiger partial charge in [0.25, 0.3) is 0 Å². The van der Waals surface area contributed by atoms with E-state index in [0.29, 0.717) is 31.1 Å². The Morgan fingerprint density at radius 1 is 1.50 bits per heavy atom. The molecule has 66 valence electrons. The van der Waals surface area contributed by atoms with Gasteiger partial charge in [-0.2, -0.15) is 0 Å². The largest absolute Gasteiger partial charge is 0.381 e. The van der Waals surface area contributed by atoms with Crippen molar-refractivity contribution in [3.05, 3.63) is 16.6 Å². The topological polar surface area (TPSA) is 22.1 Å². The smallest absolute Gasteiger partial charge is 0.166 e. The summed E-state index contributed by atoms with van der Waals surface area (Å²) in [6, 6.07) is 0. The molecule has 1 aliphatic rings. The molecule has 0 N–H and O–H groups in total. The van der Waals surface area contributed by atoms with Gasteiger partial charge < -0.3 is 4.74 Å². The number of nitrogens with zero attached hydrogens (tertiary/aromatic N) is 1. The maximum atomic E-state index is 14.0. The lowest BCUT2D eigenvalue weighted by atomic mass is 9.98. The monoisotopic (exact) mass is 187 g/mol. The van der Waals surface area contributed by atoms with E-state index in [2.05, 4.69) is 4.98 Å². The Morgan fingerprint density at radius 2 is 2.25 bits per heavy atom. The second-order valence-corrected chi connectivity index (χ2v) is 3.81. The van der Waals surface area contributed by atoms with Gasteiger partial charge in [0.15, 0.2) is 5.67 Å². The molecular weight excluding hydrogens is 177 g/mol. The summed E-state index contributed by atoms with van der Waals surface area (Å²) in [6.07, 6.45) is 2.54. The molecule has 1 aromatic heterocycles. The van der Waals surface area contributed by atoms with E-state index >= 15 is 0 Å². The van der Waals surface area contributed by atoms with Crippen molar-refractivity contribution in [3.8, 4) is 0 Å². The molecule has 0 aliphatic carbocycles. The van der Waals surface area contributed by atoms with E-state index in [-0.39, 0.29) is 0 Å². The average Bonchev–Trinajstić information content (AvgIpc) is 2.58. The normalized spacial score (nSPS) is 22.4. The Hall–Kier alpha value is -0.480. The van der Waals surface area contributed by atoms with Crippen LogP contribution in [0.3, 0.4) is 0 Å². The van der Waals surface area contributed by atoms with Crippen LogP contribution in [0.1, 0.15) is 17.8 Å². The summed E-state index contributed by atoms with van der Waals surface area (Å²) in [6.45, 7) is 1.02. The molecule has 2 nitrogen and oxygen atoms in total. The van der Waals surface area contributed by atoms with Gasteiger partial charge in [0, 0.05) is 24.4 Å². The highest BCUT2D eigenvalue weighted by Gasteiger charge is 2.36. The fourth-order valence-corrected chi connectivity index (χ4v) is 2.14. The zero-order valence-corrected chi connectivity index (χ0v) is 7.44. The van der Waals surface area contributed by atoms with Crippen molar-refractivity contribution in [2.45, 2.75) is 18.5 Å². The van der Waals surface area contributed by atoms with Crippen LogP contribution in [-0.2, 0) is 10.4 Å². The summed E-state index contributed by atoms with van der Waals surface area (Å²) in [7, 11) is 0. The summed E-state index contributed by atoms with van der Waals surface area (Å²) in [5.74, 6) is 0. The molecule has 1 fully saturated rings. The summed E-state index contributed by atoms with van der Waals surface area (Å²) in [5, 5.41) is 2.41. The predicted octanol–water partition coefficient (Wildman–Crippen LogP) is 2.12. The van der Waals surface area contributed by atoms with Crippen molar-refractivity contribution in [1.82, 2.24) is 4.98 Å². The van der Waals surface area contributed by atoms with Gasteiger partial charge in [0.1, 0.15) is 5.01 Å². The maximum absolute atomic E-state index is 14.0. The first-order valence-electron chi connectivity index (χ1n) is 3.98. The molecule has 0 bridgehead atoms. The van der Waals surface area contributed by atoms with Crippen LogP contribution in [0.4, 0.5) is 4.39 Å². The van der Waals surface area contributed by atoms with Crippen molar-refractivity contribution in [2.75, 3.05) is 13.2 Å². The fourth-order valence-electron chi connectivity index (χ4n) is 1.35. The van der Waals surface area contributed by atoms with Crippen LogP contribution in [0.5, 0.6) is 0 Å². The first-order valence-corrected chi connectivity index (χ1v) is 4.86. The molecule has 0 atom stereocenters. The van der Waals surface area contributed by atoms with Crippen molar-refractivity contribution >= 4 is 11.3 Å². The van der Waals surface area contributed by atoms with Crippen LogP contribution in [0.25, 0.3) is 0 Å². The van der Waals surface area contributed by atoms with Gasteiger partial charge in [-0.3, -0.25) is 0 Å². The van der Waals surface area contributed by atoms with Gasteiger partial charge in [0.2, 0.25) is 0 Å². The standard InChI is InChI=1S/C8H10FNOS/c9-8(1-4-11-5-2-8)7-10-3-6-12-7/h3,6H,1-2,4-5H2. The fraction of sp³-hybridized carbons (Fsp3) is 0.625. The second kappa shape index (κ2) is 3.11. The molecule has 0 radical (unpaired) electrons. The Balaban J connectivity index is 2.19.